The first-order valence-electron chi connectivity index (χ1n) is 12.2. The van der Waals surface area contributed by atoms with Crippen LogP contribution in [0.5, 0.6) is 0 Å². The summed E-state index contributed by atoms with van der Waals surface area (Å²) >= 11 is 0. The van der Waals surface area contributed by atoms with Crippen molar-refractivity contribution < 1.29 is 9.59 Å². The summed E-state index contributed by atoms with van der Waals surface area (Å²) in [4.78, 5) is 34.3. The molecule has 1 unspecified atom stereocenters. The van der Waals surface area contributed by atoms with E-state index in [1.807, 2.05) is 55.3 Å². The minimum absolute atomic E-state index is 0. The van der Waals surface area contributed by atoms with Crippen molar-refractivity contribution in [3.63, 3.8) is 0 Å². The van der Waals surface area contributed by atoms with Crippen molar-refractivity contribution in [1.82, 2.24) is 20.1 Å². The number of rotatable bonds is 8. The number of likely N-dealkylation sites (tertiary alicyclic amines) is 2. The predicted molar refractivity (Wildman–Crippen MR) is 144 cm³/mol. The molecule has 8 heteroatoms. The van der Waals surface area contributed by atoms with Crippen LogP contribution in [0.25, 0.3) is 0 Å². The molecule has 6 nitrogen and oxygen atoms in total. The molecule has 1 spiro atoms. The number of piperidine rings is 1. The highest BCUT2D eigenvalue weighted by Crippen LogP contribution is 2.42. The van der Waals surface area contributed by atoms with Crippen molar-refractivity contribution in [2.75, 3.05) is 26.2 Å². The van der Waals surface area contributed by atoms with Crippen LogP contribution in [0.2, 0.25) is 0 Å². The van der Waals surface area contributed by atoms with Gasteiger partial charge in [-0.05, 0) is 56.0 Å². The molecule has 1 aromatic heterocycles. The van der Waals surface area contributed by atoms with Crippen LogP contribution in [0, 0.1) is 11.3 Å². The number of carbonyl (C=O) groups excluding carboxylic acids is 2. The Morgan fingerprint density at radius 2 is 1.71 bits per heavy atom. The molecule has 2 aromatic rings. The Kier molecular flexibility index (Phi) is 11.0. The summed E-state index contributed by atoms with van der Waals surface area (Å²) in [6, 6.07) is 14.2. The first-order valence-corrected chi connectivity index (χ1v) is 12.2. The highest BCUT2D eigenvalue weighted by atomic mass is 35.5. The van der Waals surface area contributed by atoms with Crippen LogP contribution in [-0.4, -0.2) is 52.8 Å². The summed E-state index contributed by atoms with van der Waals surface area (Å²) in [6.45, 7) is 8.15. The minimum atomic E-state index is -0.191. The molecule has 2 saturated heterocycles. The minimum Gasteiger partial charge on any atom is -0.349 e. The van der Waals surface area contributed by atoms with Gasteiger partial charge in [-0.1, -0.05) is 50.2 Å². The van der Waals surface area contributed by atoms with E-state index < -0.39 is 0 Å². The van der Waals surface area contributed by atoms with E-state index in [9.17, 15) is 9.59 Å². The monoisotopic (exact) mass is 520 g/mol. The Labute approximate surface area is 221 Å². The van der Waals surface area contributed by atoms with E-state index in [1.54, 1.807) is 6.20 Å². The molecule has 2 amide bonds. The zero-order valence-corrected chi connectivity index (χ0v) is 22.3. The zero-order chi connectivity index (χ0) is 23.3. The number of carbonyl (C=O) groups is 2. The number of halogens is 2. The molecule has 192 valence electrons. The Hall–Kier alpha value is -2.15. The molecule has 1 atom stereocenters. The number of hydrogen-bond donors (Lipinski definition) is 1. The zero-order valence-electron chi connectivity index (χ0n) is 20.7. The molecule has 0 saturated carbocycles. The first kappa shape index (κ1) is 29.1. The van der Waals surface area contributed by atoms with Crippen LogP contribution < -0.4 is 5.32 Å². The van der Waals surface area contributed by atoms with Gasteiger partial charge in [0.15, 0.2) is 0 Å². The number of amides is 2. The second kappa shape index (κ2) is 13.2. The van der Waals surface area contributed by atoms with E-state index in [2.05, 4.69) is 27.3 Å². The van der Waals surface area contributed by atoms with Gasteiger partial charge in [-0.15, -0.1) is 24.8 Å². The van der Waals surface area contributed by atoms with Crippen molar-refractivity contribution in [3.05, 3.63) is 66.0 Å². The summed E-state index contributed by atoms with van der Waals surface area (Å²) in [6.07, 6.45) is 7.28. The third-order valence-corrected chi connectivity index (χ3v) is 7.29. The van der Waals surface area contributed by atoms with E-state index in [-0.39, 0.29) is 48.1 Å². The largest absolute Gasteiger partial charge is 0.349 e. The van der Waals surface area contributed by atoms with Crippen LogP contribution >= 0.6 is 24.8 Å². The lowest BCUT2D eigenvalue weighted by Gasteiger charge is -2.38. The maximum Gasteiger partial charge on any atom is 0.229 e. The van der Waals surface area contributed by atoms with E-state index in [4.69, 9.17) is 0 Å². The van der Waals surface area contributed by atoms with E-state index in [0.717, 1.165) is 63.0 Å². The maximum atomic E-state index is 13.3. The standard InChI is InChI=1S/C27H36N4O2.2ClH/c1-21(2)25(32)29-24(23-8-4-3-5-9-23)10-15-30-16-11-27(12-17-30)13-18-31(26(27)33)20-22-7-6-14-28-19-22;;/h3-9,14,19,21,24H,10-13,15-18,20H2,1-2H3,(H,29,32);2*1H. The van der Waals surface area contributed by atoms with Gasteiger partial charge in [0.1, 0.15) is 0 Å². The second-order valence-electron chi connectivity index (χ2n) is 9.88. The lowest BCUT2D eigenvalue weighted by Crippen LogP contribution is -2.45. The van der Waals surface area contributed by atoms with Gasteiger partial charge in [-0.25, -0.2) is 0 Å². The molecule has 0 bridgehead atoms. The molecule has 0 aliphatic carbocycles. The Balaban J connectivity index is 0.00000216. The van der Waals surface area contributed by atoms with Crippen LogP contribution in [0.4, 0.5) is 0 Å². The van der Waals surface area contributed by atoms with Gasteiger partial charge >= 0.3 is 0 Å². The Morgan fingerprint density at radius 3 is 2.34 bits per heavy atom. The molecule has 3 heterocycles. The summed E-state index contributed by atoms with van der Waals surface area (Å²) in [7, 11) is 0. The SMILES string of the molecule is CC(C)C(=O)NC(CCN1CCC2(CC1)CCN(Cc1cccnc1)C2=O)c1ccccc1.Cl.Cl. The Bertz CT molecular complexity index is 935. The van der Waals surface area contributed by atoms with Gasteiger partial charge in [-0.3, -0.25) is 14.6 Å². The molecular formula is C27H38Cl2N4O2. The van der Waals surface area contributed by atoms with Crippen LogP contribution in [-0.2, 0) is 16.1 Å². The number of nitrogens with one attached hydrogen (secondary N) is 1. The molecule has 2 aliphatic heterocycles. The molecule has 35 heavy (non-hydrogen) atoms. The van der Waals surface area contributed by atoms with Gasteiger partial charge < -0.3 is 15.1 Å². The number of pyridine rings is 1. The topological polar surface area (TPSA) is 65.5 Å². The normalized spacial score (nSPS) is 18.1. The van der Waals surface area contributed by atoms with Crippen molar-refractivity contribution in [2.24, 2.45) is 11.3 Å². The smallest absolute Gasteiger partial charge is 0.229 e. The third-order valence-electron chi connectivity index (χ3n) is 7.29. The van der Waals surface area contributed by atoms with Gasteiger partial charge in [0, 0.05) is 37.9 Å². The number of aromatic nitrogens is 1. The fraction of sp³-hybridized carbons (Fsp3) is 0.519. The van der Waals surface area contributed by atoms with Crippen molar-refractivity contribution >= 4 is 36.6 Å². The lowest BCUT2D eigenvalue weighted by atomic mass is 9.77. The van der Waals surface area contributed by atoms with E-state index in [1.165, 1.54) is 0 Å². The van der Waals surface area contributed by atoms with Crippen LogP contribution in [0.15, 0.2) is 54.9 Å². The van der Waals surface area contributed by atoms with Crippen LogP contribution in [0.3, 0.4) is 0 Å². The van der Waals surface area contributed by atoms with Crippen molar-refractivity contribution in [2.45, 2.75) is 52.1 Å². The van der Waals surface area contributed by atoms with E-state index in [0.29, 0.717) is 12.5 Å². The molecule has 2 aliphatic rings. The van der Waals surface area contributed by atoms with E-state index >= 15 is 0 Å². The average molecular weight is 522 g/mol. The highest BCUT2D eigenvalue weighted by molar-refractivity contribution is 5.86. The fourth-order valence-corrected chi connectivity index (χ4v) is 5.08. The fourth-order valence-electron chi connectivity index (χ4n) is 5.08. The summed E-state index contributed by atoms with van der Waals surface area (Å²) in [5, 5.41) is 3.23. The van der Waals surface area contributed by atoms with Crippen molar-refractivity contribution in [3.8, 4) is 0 Å². The summed E-state index contributed by atoms with van der Waals surface area (Å²) < 4.78 is 0. The van der Waals surface area contributed by atoms with Crippen molar-refractivity contribution in [1.29, 1.82) is 0 Å². The molecule has 2 fully saturated rings. The lowest BCUT2D eigenvalue weighted by molar-refractivity contribution is -0.139. The average Bonchev–Trinajstić information content (AvgIpc) is 3.13. The summed E-state index contributed by atoms with van der Waals surface area (Å²) in [5.41, 5.74) is 2.05. The van der Waals surface area contributed by atoms with Crippen LogP contribution in [0.1, 0.15) is 56.7 Å². The maximum absolute atomic E-state index is 13.3. The van der Waals surface area contributed by atoms with Gasteiger partial charge in [-0.2, -0.15) is 0 Å². The summed E-state index contributed by atoms with van der Waals surface area (Å²) in [5.74, 6) is 0.373. The number of nitrogens with zero attached hydrogens (tertiary/aromatic N) is 3. The first-order chi connectivity index (χ1) is 16.0. The quantitative estimate of drug-likeness (QED) is 0.550. The van der Waals surface area contributed by atoms with Gasteiger partial charge in [0.05, 0.1) is 11.5 Å². The molecule has 0 radical (unpaired) electrons. The van der Waals surface area contributed by atoms with Gasteiger partial charge in [0.2, 0.25) is 11.8 Å². The second-order valence-corrected chi connectivity index (χ2v) is 9.88. The molecule has 1 N–H and O–H groups in total. The molecular weight excluding hydrogens is 483 g/mol. The number of hydrogen-bond acceptors (Lipinski definition) is 4. The predicted octanol–water partition coefficient (Wildman–Crippen LogP) is 4.64. The highest BCUT2D eigenvalue weighted by Gasteiger charge is 2.47. The van der Waals surface area contributed by atoms with Gasteiger partial charge in [0.25, 0.3) is 0 Å². The molecule has 1 aromatic carbocycles. The number of benzene rings is 1. The third kappa shape index (κ3) is 7.18. The molecule has 4 rings (SSSR count). The Morgan fingerprint density at radius 1 is 1.03 bits per heavy atom.